The molecule has 1 aromatic heterocycles. The minimum Gasteiger partial charge on any atom is -0.493 e. The number of ether oxygens (including phenoxy) is 2. The second-order valence-electron chi connectivity index (χ2n) is 7.74. The maximum Gasteiger partial charge on any atom is 0.338 e. The lowest BCUT2D eigenvalue weighted by molar-refractivity contribution is 0.0525. The smallest absolute Gasteiger partial charge is 0.338 e. The van der Waals surface area contributed by atoms with Crippen molar-refractivity contribution in [3.8, 4) is 17.2 Å². The molecule has 1 N–H and O–H groups in total. The van der Waals surface area contributed by atoms with Crippen molar-refractivity contribution in [1.82, 2.24) is 4.98 Å². The van der Waals surface area contributed by atoms with E-state index in [9.17, 15) is 4.79 Å². The van der Waals surface area contributed by atoms with Crippen LogP contribution in [-0.4, -0.2) is 24.2 Å². The molecule has 0 unspecified atom stereocenters. The molecule has 0 radical (unpaired) electrons. The maximum atomic E-state index is 12.1. The second kappa shape index (κ2) is 11.2. The number of carbonyl (C=O) groups excluding carboxylic acids is 1. The Labute approximate surface area is 199 Å². The fourth-order valence-electron chi connectivity index (χ4n) is 3.58. The number of benzene rings is 3. The summed E-state index contributed by atoms with van der Waals surface area (Å²) in [5, 5.41) is 3.35. The fourth-order valence-corrected chi connectivity index (χ4v) is 3.58. The van der Waals surface area contributed by atoms with E-state index in [1.165, 1.54) is 0 Å². The van der Waals surface area contributed by atoms with E-state index in [4.69, 9.17) is 13.9 Å². The summed E-state index contributed by atoms with van der Waals surface area (Å²) >= 11 is 0. The molecular formula is C28H28N2O4. The van der Waals surface area contributed by atoms with Gasteiger partial charge in [-0.2, -0.15) is 0 Å². The van der Waals surface area contributed by atoms with E-state index < -0.39 is 0 Å². The zero-order chi connectivity index (χ0) is 23.8. The first-order valence-electron chi connectivity index (χ1n) is 11.4. The van der Waals surface area contributed by atoms with Crippen LogP contribution in [0.4, 0.5) is 5.69 Å². The van der Waals surface area contributed by atoms with Crippen molar-refractivity contribution in [1.29, 1.82) is 0 Å². The number of anilines is 1. The number of oxazole rings is 1. The molecule has 4 aromatic rings. The quantitative estimate of drug-likeness (QED) is 0.292. The average molecular weight is 457 g/mol. The topological polar surface area (TPSA) is 73.6 Å². The number of hydrogen-bond acceptors (Lipinski definition) is 6. The molecule has 0 spiro atoms. The molecule has 0 saturated carbocycles. The van der Waals surface area contributed by atoms with Crippen molar-refractivity contribution in [3.05, 3.63) is 101 Å². The van der Waals surface area contributed by atoms with Gasteiger partial charge in [0.15, 0.2) is 0 Å². The van der Waals surface area contributed by atoms with Gasteiger partial charge < -0.3 is 19.2 Å². The number of nitrogens with zero attached hydrogens (tertiary/aromatic N) is 1. The first-order chi connectivity index (χ1) is 16.6. The van der Waals surface area contributed by atoms with E-state index in [2.05, 4.69) is 10.3 Å². The summed E-state index contributed by atoms with van der Waals surface area (Å²) in [4.78, 5) is 16.8. The molecule has 0 aliphatic carbocycles. The average Bonchev–Trinajstić information content (AvgIpc) is 3.25. The van der Waals surface area contributed by atoms with Gasteiger partial charge in [-0.15, -0.1) is 0 Å². The zero-order valence-electron chi connectivity index (χ0n) is 19.4. The molecule has 0 fully saturated rings. The summed E-state index contributed by atoms with van der Waals surface area (Å²) in [7, 11) is 0. The van der Waals surface area contributed by atoms with E-state index in [1.54, 1.807) is 13.0 Å². The zero-order valence-corrected chi connectivity index (χ0v) is 19.4. The highest BCUT2D eigenvalue weighted by Crippen LogP contribution is 2.22. The number of esters is 1. The van der Waals surface area contributed by atoms with E-state index in [0.717, 1.165) is 34.0 Å². The molecule has 4 rings (SSSR count). The van der Waals surface area contributed by atoms with Crippen molar-refractivity contribution in [3.63, 3.8) is 0 Å². The Bertz CT molecular complexity index is 1220. The highest BCUT2D eigenvalue weighted by Gasteiger charge is 2.12. The van der Waals surface area contributed by atoms with Gasteiger partial charge in [0.25, 0.3) is 0 Å². The van der Waals surface area contributed by atoms with E-state index in [0.29, 0.717) is 37.6 Å². The SMILES string of the molecule is CCOC(=O)c1ccccc1CNc1ccc(OCCc2nc(-c3ccccc3)oc2C)cc1. The first kappa shape index (κ1) is 23.1. The lowest BCUT2D eigenvalue weighted by atomic mass is 10.1. The van der Waals surface area contributed by atoms with Crippen molar-refractivity contribution >= 4 is 11.7 Å². The monoisotopic (exact) mass is 456 g/mol. The lowest BCUT2D eigenvalue weighted by Crippen LogP contribution is -2.10. The minimum atomic E-state index is -0.304. The Morgan fingerprint density at radius 1 is 0.971 bits per heavy atom. The van der Waals surface area contributed by atoms with Crippen LogP contribution in [0.1, 0.15) is 34.3 Å². The lowest BCUT2D eigenvalue weighted by Gasteiger charge is -2.11. The third-order valence-electron chi connectivity index (χ3n) is 5.37. The van der Waals surface area contributed by atoms with Gasteiger partial charge in [-0.25, -0.2) is 9.78 Å². The third-order valence-corrected chi connectivity index (χ3v) is 5.37. The van der Waals surface area contributed by atoms with Gasteiger partial charge in [-0.1, -0.05) is 36.4 Å². The largest absolute Gasteiger partial charge is 0.493 e. The van der Waals surface area contributed by atoms with Crippen molar-refractivity contribution < 1.29 is 18.7 Å². The van der Waals surface area contributed by atoms with Crippen LogP contribution in [0.2, 0.25) is 0 Å². The van der Waals surface area contributed by atoms with Crippen LogP contribution in [0.5, 0.6) is 5.75 Å². The van der Waals surface area contributed by atoms with Crippen LogP contribution in [-0.2, 0) is 17.7 Å². The molecule has 0 atom stereocenters. The molecule has 0 saturated heterocycles. The van der Waals surface area contributed by atoms with Gasteiger partial charge >= 0.3 is 5.97 Å². The number of aromatic nitrogens is 1. The Morgan fingerprint density at radius 3 is 2.47 bits per heavy atom. The molecule has 0 bridgehead atoms. The predicted octanol–water partition coefficient (Wildman–Crippen LogP) is 6.06. The molecule has 0 aliphatic heterocycles. The Balaban J connectivity index is 1.29. The number of nitrogens with one attached hydrogen (secondary N) is 1. The summed E-state index contributed by atoms with van der Waals surface area (Å²) in [6.45, 7) is 5.10. The summed E-state index contributed by atoms with van der Waals surface area (Å²) in [6, 6.07) is 25.1. The predicted molar refractivity (Wildman–Crippen MR) is 132 cm³/mol. The maximum absolute atomic E-state index is 12.1. The second-order valence-corrected chi connectivity index (χ2v) is 7.74. The standard InChI is InChI=1S/C28H28N2O4/c1-3-32-28(31)25-12-8-7-11-22(25)19-29-23-13-15-24(16-14-23)33-18-17-26-20(2)34-27(30-26)21-9-5-4-6-10-21/h4-16,29H,3,17-19H2,1-2H3. The normalized spacial score (nSPS) is 10.6. The van der Waals surface area contributed by atoms with Gasteiger partial charge in [0.1, 0.15) is 11.5 Å². The van der Waals surface area contributed by atoms with Gasteiger partial charge in [0, 0.05) is 24.2 Å². The van der Waals surface area contributed by atoms with E-state index in [1.807, 2.05) is 79.7 Å². The van der Waals surface area contributed by atoms with Crippen LogP contribution < -0.4 is 10.1 Å². The van der Waals surface area contributed by atoms with Gasteiger partial charge in [-0.05, 0) is 61.9 Å². The highest BCUT2D eigenvalue weighted by atomic mass is 16.5. The highest BCUT2D eigenvalue weighted by molar-refractivity contribution is 5.91. The first-order valence-corrected chi connectivity index (χ1v) is 11.4. The summed E-state index contributed by atoms with van der Waals surface area (Å²) in [6.07, 6.45) is 0.660. The van der Waals surface area contributed by atoms with Gasteiger partial charge in [0.2, 0.25) is 5.89 Å². The van der Waals surface area contributed by atoms with E-state index >= 15 is 0 Å². The number of hydrogen-bond donors (Lipinski definition) is 1. The van der Waals surface area contributed by atoms with Crippen molar-refractivity contribution in [2.45, 2.75) is 26.8 Å². The van der Waals surface area contributed by atoms with Crippen LogP contribution in [0.3, 0.4) is 0 Å². The number of aryl methyl sites for hydroxylation is 1. The van der Waals surface area contributed by atoms with E-state index in [-0.39, 0.29) is 5.97 Å². The Hall–Kier alpha value is -4.06. The molecule has 6 nitrogen and oxygen atoms in total. The molecule has 0 amide bonds. The Kier molecular flexibility index (Phi) is 7.60. The summed E-state index contributed by atoms with van der Waals surface area (Å²) in [5.41, 5.74) is 4.27. The molecule has 3 aromatic carbocycles. The third kappa shape index (κ3) is 5.84. The Morgan fingerprint density at radius 2 is 1.71 bits per heavy atom. The van der Waals surface area contributed by atoms with Crippen LogP contribution in [0.25, 0.3) is 11.5 Å². The molecule has 6 heteroatoms. The van der Waals surface area contributed by atoms with Crippen LogP contribution >= 0.6 is 0 Å². The van der Waals surface area contributed by atoms with Gasteiger partial charge in [0.05, 0.1) is 24.5 Å². The summed E-state index contributed by atoms with van der Waals surface area (Å²) in [5.74, 6) is 1.92. The molecule has 34 heavy (non-hydrogen) atoms. The van der Waals surface area contributed by atoms with Crippen LogP contribution in [0, 0.1) is 6.92 Å². The number of rotatable bonds is 10. The van der Waals surface area contributed by atoms with Crippen molar-refractivity contribution in [2.24, 2.45) is 0 Å². The fraction of sp³-hybridized carbons (Fsp3) is 0.214. The van der Waals surface area contributed by atoms with Gasteiger partial charge in [-0.3, -0.25) is 0 Å². The molecule has 174 valence electrons. The molecule has 1 heterocycles. The van der Waals surface area contributed by atoms with Crippen molar-refractivity contribution in [2.75, 3.05) is 18.5 Å². The van der Waals surface area contributed by atoms with Crippen LogP contribution in [0.15, 0.2) is 83.3 Å². The summed E-state index contributed by atoms with van der Waals surface area (Å²) < 4.78 is 16.9. The molecule has 0 aliphatic rings. The minimum absolute atomic E-state index is 0.304. The number of carbonyl (C=O) groups is 1. The molecular weight excluding hydrogens is 428 g/mol.